The molecule has 0 bridgehead atoms. The highest BCUT2D eigenvalue weighted by atomic mass is 16.6. The summed E-state index contributed by atoms with van der Waals surface area (Å²) in [6.45, 7) is 4.54. The van der Waals surface area contributed by atoms with Gasteiger partial charge in [0, 0.05) is 38.7 Å². The minimum Gasteiger partial charge on any atom is -0.494 e. The molecular weight excluding hydrogens is 863 g/mol. The van der Waals surface area contributed by atoms with E-state index in [1.807, 2.05) is 12.1 Å². The van der Waals surface area contributed by atoms with Crippen LogP contribution in [0.5, 0.6) is 5.75 Å². The van der Waals surface area contributed by atoms with Crippen molar-refractivity contribution in [1.29, 1.82) is 0 Å². The average molecular weight is 916 g/mol. The number of para-hydroxylation sites is 1. The zero-order chi connectivity index (χ0) is 46.7. The van der Waals surface area contributed by atoms with E-state index in [1.54, 1.807) is 41.3 Å². The summed E-state index contributed by atoms with van der Waals surface area (Å²) in [5.41, 5.74) is 2.63. The summed E-state index contributed by atoms with van der Waals surface area (Å²) in [7, 11) is 3.04. The van der Waals surface area contributed by atoms with E-state index in [9.17, 15) is 28.8 Å². The maximum Gasteiger partial charge on any atom is 0.273 e. The molecule has 6 rings (SSSR count). The Morgan fingerprint density at radius 3 is 2.14 bits per heavy atom. The third-order valence-corrected chi connectivity index (χ3v) is 10.1. The van der Waals surface area contributed by atoms with Gasteiger partial charge in [0.05, 0.1) is 114 Å². The first-order valence-corrected chi connectivity index (χ1v) is 21.3. The normalized spacial score (nSPS) is 14.5. The van der Waals surface area contributed by atoms with Gasteiger partial charge in [-0.2, -0.15) is 10.2 Å². The van der Waals surface area contributed by atoms with Crippen LogP contribution in [0.3, 0.4) is 0 Å². The minimum absolute atomic E-state index is 0.0523. The van der Waals surface area contributed by atoms with Crippen molar-refractivity contribution in [2.24, 2.45) is 0 Å². The van der Waals surface area contributed by atoms with Crippen molar-refractivity contribution >= 4 is 52.5 Å². The summed E-state index contributed by atoms with van der Waals surface area (Å²) in [5, 5.41) is 26.2. The molecule has 23 heteroatoms. The van der Waals surface area contributed by atoms with Gasteiger partial charge in [0.2, 0.25) is 17.7 Å². The van der Waals surface area contributed by atoms with Crippen LogP contribution in [0.4, 0.5) is 17.1 Å². The lowest BCUT2D eigenvalue weighted by Gasteiger charge is -2.27. The number of carbonyl (C=O) groups excluding carboxylic acids is 6. The first-order valence-electron chi connectivity index (χ1n) is 21.3. The van der Waals surface area contributed by atoms with Crippen molar-refractivity contribution in [3.8, 4) is 17.1 Å². The number of piperidine rings is 1. The molecule has 1 saturated heterocycles. The van der Waals surface area contributed by atoms with Gasteiger partial charge in [-0.15, -0.1) is 5.10 Å². The number of imide groups is 2. The zero-order valence-electron chi connectivity index (χ0n) is 36.7. The van der Waals surface area contributed by atoms with Crippen molar-refractivity contribution in [3.63, 3.8) is 0 Å². The van der Waals surface area contributed by atoms with Crippen molar-refractivity contribution in [2.75, 3.05) is 104 Å². The molecule has 0 saturated carbocycles. The number of rotatable bonds is 28. The number of benzene rings is 2. The third kappa shape index (κ3) is 13.1. The van der Waals surface area contributed by atoms with Gasteiger partial charge in [0.1, 0.15) is 12.4 Å². The third-order valence-electron chi connectivity index (χ3n) is 10.1. The smallest absolute Gasteiger partial charge is 0.273 e. The van der Waals surface area contributed by atoms with Crippen LogP contribution in [0.25, 0.3) is 11.4 Å². The molecule has 352 valence electrons. The van der Waals surface area contributed by atoms with Gasteiger partial charge in [0.25, 0.3) is 17.7 Å². The summed E-state index contributed by atoms with van der Waals surface area (Å²) in [6.07, 6.45) is 3.38. The number of fused-ring (bicyclic) bond motifs is 1. The molecule has 4 aromatic rings. The van der Waals surface area contributed by atoms with E-state index < -0.39 is 35.6 Å². The molecule has 2 aliphatic rings. The number of methoxy groups -OCH3 is 1. The first-order chi connectivity index (χ1) is 32.2. The molecular formula is C43H53N11O12. The van der Waals surface area contributed by atoms with Crippen molar-refractivity contribution in [3.05, 3.63) is 71.8 Å². The second kappa shape index (κ2) is 25.0. The van der Waals surface area contributed by atoms with Crippen LogP contribution in [-0.2, 0) is 44.6 Å². The number of nitrogens with one attached hydrogen (secondary N) is 5. The molecule has 1 fully saturated rings. The molecule has 66 heavy (non-hydrogen) atoms. The van der Waals surface area contributed by atoms with Crippen LogP contribution < -0.4 is 31.3 Å². The summed E-state index contributed by atoms with van der Waals surface area (Å²) in [6, 6.07) is 10.9. The molecule has 0 aliphatic carbocycles. The van der Waals surface area contributed by atoms with Crippen LogP contribution in [0.1, 0.15) is 50.5 Å². The zero-order valence-corrected chi connectivity index (χ0v) is 36.7. The molecule has 23 nitrogen and oxygen atoms in total. The van der Waals surface area contributed by atoms with E-state index in [-0.39, 0.29) is 48.6 Å². The minimum atomic E-state index is -1.03. The van der Waals surface area contributed by atoms with Crippen LogP contribution in [0.2, 0.25) is 0 Å². The van der Waals surface area contributed by atoms with Gasteiger partial charge in [-0.3, -0.25) is 43.7 Å². The van der Waals surface area contributed by atoms with Crippen molar-refractivity contribution in [2.45, 2.75) is 31.8 Å². The summed E-state index contributed by atoms with van der Waals surface area (Å²) >= 11 is 0. The Hall–Kier alpha value is -6.92. The number of hydrogen-bond acceptors (Lipinski definition) is 18. The fraction of sp³-hybridized carbons (Fsp3) is 0.442. The van der Waals surface area contributed by atoms with E-state index in [1.165, 1.54) is 20.4 Å². The maximum atomic E-state index is 13.2. The lowest BCUT2D eigenvalue weighted by atomic mass is 10.0. The first kappa shape index (κ1) is 48.5. The Morgan fingerprint density at radius 2 is 1.45 bits per heavy atom. The number of carbonyl (C=O) groups is 6. The van der Waals surface area contributed by atoms with Crippen LogP contribution in [-0.4, -0.2) is 165 Å². The predicted molar refractivity (Wildman–Crippen MR) is 234 cm³/mol. The molecule has 2 aromatic heterocycles. The van der Waals surface area contributed by atoms with E-state index in [2.05, 4.69) is 46.9 Å². The van der Waals surface area contributed by atoms with Gasteiger partial charge >= 0.3 is 0 Å². The quantitative estimate of drug-likeness (QED) is 0.0392. The Bertz CT molecular complexity index is 2330. The topological polar surface area (TPSA) is 278 Å². The van der Waals surface area contributed by atoms with Gasteiger partial charge in [-0.05, 0) is 36.8 Å². The van der Waals surface area contributed by atoms with Gasteiger partial charge in [-0.1, -0.05) is 12.1 Å². The summed E-state index contributed by atoms with van der Waals surface area (Å²) in [5.74, 6) is -1.89. The number of nitrogens with zero attached hydrogens (tertiary/aromatic N) is 6. The highest BCUT2D eigenvalue weighted by Crippen LogP contribution is 2.37. The molecule has 0 spiro atoms. The van der Waals surface area contributed by atoms with Crippen molar-refractivity contribution < 1.29 is 57.2 Å². The van der Waals surface area contributed by atoms with Gasteiger partial charge < -0.3 is 49.7 Å². The van der Waals surface area contributed by atoms with E-state index in [0.717, 1.165) is 4.90 Å². The number of anilines is 3. The Kier molecular flexibility index (Phi) is 18.4. The Balaban J connectivity index is 0.740. The highest BCUT2D eigenvalue weighted by Gasteiger charge is 2.45. The maximum absolute atomic E-state index is 13.2. The molecule has 5 N–H and O–H groups in total. The predicted octanol–water partition coefficient (Wildman–Crippen LogP) is 0.950. The second-order valence-electron chi connectivity index (χ2n) is 14.5. The Labute approximate surface area is 379 Å². The van der Waals surface area contributed by atoms with E-state index in [4.69, 9.17) is 28.4 Å². The largest absolute Gasteiger partial charge is 0.494 e. The molecule has 2 aromatic carbocycles. The number of ether oxygens (including phenoxy) is 6. The van der Waals surface area contributed by atoms with Crippen LogP contribution in [0.15, 0.2) is 55.0 Å². The molecule has 2 aliphatic heterocycles. The summed E-state index contributed by atoms with van der Waals surface area (Å²) in [4.78, 5) is 80.0. The van der Waals surface area contributed by atoms with Crippen molar-refractivity contribution in [1.82, 2.24) is 45.8 Å². The lowest BCUT2D eigenvalue weighted by molar-refractivity contribution is -0.136. The molecule has 6 amide bonds. The monoisotopic (exact) mass is 915 g/mol. The summed E-state index contributed by atoms with van der Waals surface area (Å²) < 4.78 is 35.0. The second-order valence-corrected chi connectivity index (χ2v) is 14.5. The average Bonchev–Trinajstić information content (AvgIpc) is 3.89. The Morgan fingerprint density at radius 1 is 0.788 bits per heavy atom. The fourth-order valence-corrected chi connectivity index (χ4v) is 6.89. The number of hydrogen-bond donors (Lipinski definition) is 5. The van der Waals surface area contributed by atoms with Gasteiger partial charge in [0.15, 0.2) is 17.3 Å². The number of amides is 6. The van der Waals surface area contributed by atoms with Crippen LogP contribution >= 0.6 is 0 Å². The highest BCUT2D eigenvalue weighted by molar-refractivity contribution is 6.25. The van der Waals surface area contributed by atoms with Crippen LogP contribution in [0, 0.1) is 0 Å². The molecule has 1 unspecified atom stereocenters. The fourth-order valence-electron chi connectivity index (χ4n) is 6.89. The molecule has 1 atom stereocenters. The van der Waals surface area contributed by atoms with E-state index in [0.29, 0.717) is 113 Å². The van der Waals surface area contributed by atoms with Gasteiger partial charge in [-0.25, -0.2) is 4.98 Å². The standard InChI is InChI=1S/C43H53N11O12/c1-44-41(58)37-31(11-13-48-51-37)49-32-8-4-6-29(38(32)61-2)39-47-27-53(52-39)16-14-46-34(55)12-17-62-19-21-64-23-25-66-26-24-65-22-20-63-18-15-45-30-7-3-5-28-36(30)43(60)54(42(28)59)33-9-10-35(56)50-40(33)57/h3-8,11,13,27,33,45H,9-10,12,14-26H2,1-2H3,(H,44,58)(H,46,55)(H,48,49)(H,50,56,57). The molecule has 0 radical (unpaired) electrons. The molecule has 4 heterocycles. The SMILES string of the molecule is CNC(=O)c1nnccc1Nc1cccc(-c2ncn(CCNC(=O)CCOCCOCCOCCOCCOCCNc3cccc4c3C(=O)N(C3CCC(=O)NC3=O)C4=O)n2)c1OC. The number of aromatic nitrogens is 5. The lowest BCUT2D eigenvalue weighted by Crippen LogP contribution is -2.54. The van der Waals surface area contributed by atoms with E-state index >= 15 is 0 Å².